The number of hydrogen-bond donors (Lipinski definition) is 1. The number of nitrogens with zero attached hydrogens (tertiary/aromatic N) is 1. The second-order valence-corrected chi connectivity index (χ2v) is 7.54. The topological polar surface area (TPSA) is 24.5 Å². The summed E-state index contributed by atoms with van der Waals surface area (Å²) in [4.78, 5) is 2.79. The highest BCUT2D eigenvalue weighted by Gasteiger charge is 2.49. The van der Waals surface area contributed by atoms with Gasteiger partial charge in [-0.05, 0) is 57.3 Å². The first kappa shape index (κ1) is 12.6. The molecule has 0 aromatic rings. The average Bonchev–Trinajstić information content (AvgIpc) is 3.29. The largest absolute Gasteiger partial charge is 0.377 e. The van der Waals surface area contributed by atoms with Gasteiger partial charge in [0.05, 0.1) is 6.10 Å². The molecule has 0 aromatic heterocycles. The molecule has 0 bridgehead atoms. The van der Waals surface area contributed by atoms with Crippen LogP contribution in [0.4, 0.5) is 0 Å². The highest BCUT2D eigenvalue weighted by Crippen LogP contribution is 2.44. The maximum Gasteiger partial charge on any atom is 0.0702 e. The van der Waals surface area contributed by atoms with Crippen molar-refractivity contribution in [2.24, 2.45) is 11.8 Å². The van der Waals surface area contributed by atoms with Crippen molar-refractivity contribution in [2.75, 3.05) is 26.2 Å². The fraction of sp³-hybridized carbons (Fsp3) is 1.00. The molecule has 19 heavy (non-hydrogen) atoms. The van der Waals surface area contributed by atoms with Crippen LogP contribution in [-0.2, 0) is 4.74 Å². The molecule has 3 unspecified atom stereocenters. The fourth-order valence-electron chi connectivity index (χ4n) is 4.25. The molecule has 2 saturated heterocycles. The molecule has 1 N–H and O–H groups in total. The van der Waals surface area contributed by atoms with Crippen LogP contribution in [0.1, 0.15) is 45.4 Å². The van der Waals surface area contributed by atoms with E-state index in [1.54, 1.807) is 0 Å². The van der Waals surface area contributed by atoms with E-state index in [4.69, 9.17) is 4.74 Å². The zero-order valence-corrected chi connectivity index (χ0v) is 12.2. The van der Waals surface area contributed by atoms with Crippen molar-refractivity contribution >= 4 is 0 Å². The molecule has 3 heteroatoms. The zero-order chi connectivity index (χ0) is 12.9. The summed E-state index contributed by atoms with van der Waals surface area (Å²) in [6.07, 6.45) is 8.84. The van der Waals surface area contributed by atoms with Crippen molar-refractivity contribution in [3.05, 3.63) is 0 Å². The molecular formula is C16H28N2O. The van der Waals surface area contributed by atoms with Gasteiger partial charge in [0.1, 0.15) is 0 Å². The summed E-state index contributed by atoms with van der Waals surface area (Å²) in [5.41, 5.74) is 0.379. The third-order valence-corrected chi connectivity index (χ3v) is 5.82. The zero-order valence-electron chi connectivity index (χ0n) is 12.2. The van der Waals surface area contributed by atoms with E-state index in [0.717, 1.165) is 24.5 Å². The summed E-state index contributed by atoms with van der Waals surface area (Å²) >= 11 is 0. The lowest BCUT2D eigenvalue weighted by Crippen LogP contribution is -2.65. The maximum atomic E-state index is 5.89. The molecule has 2 aliphatic heterocycles. The van der Waals surface area contributed by atoms with E-state index >= 15 is 0 Å². The molecule has 2 heterocycles. The van der Waals surface area contributed by atoms with Crippen molar-refractivity contribution in [3.8, 4) is 0 Å². The molecule has 0 amide bonds. The van der Waals surface area contributed by atoms with Crippen molar-refractivity contribution < 1.29 is 4.74 Å². The highest BCUT2D eigenvalue weighted by molar-refractivity contribution is 5.06. The lowest BCUT2D eigenvalue weighted by atomic mass is 9.89. The molecule has 0 radical (unpaired) electrons. The predicted molar refractivity (Wildman–Crippen MR) is 76.2 cm³/mol. The minimum Gasteiger partial charge on any atom is -0.377 e. The maximum absolute atomic E-state index is 5.89. The van der Waals surface area contributed by atoms with Gasteiger partial charge in [0.15, 0.2) is 0 Å². The van der Waals surface area contributed by atoms with Crippen LogP contribution in [-0.4, -0.2) is 48.8 Å². The summed E-state index contributed by atoms with van der Waals surface area (Å²) in [6, 6.07) is 0.788. The second kappa shape index (κ2) is 4.71. The Labute approximate surface area is 117 Å². The minimum atomic E-state index is 0.379. The van der Waals surface area contributed by atoms with Crippen LogP contribution in [0.25, 0.3) is 0 Å². The molecule has 0 aromatic carbocycles. The summed E-state index contributed by atoms with van der Waals surface area (Å²) in [6.45, 7) is 7.09. The first-order valence-corrected chi connectivity index (χ1v) is 8.35. The van der Waals surface area contributed by atoms with Gasteiger partial charge in [0.25, 0.3) is 0 Å². The lowest BCUT2D eigenvalue weighted by Gasteiger charge is -2.47. The molecular weight excluding hydrogens is 236 g/mol. The normalized spacial score (nSPS) is 44.7. The van der Waals surface area contributed by atoms with E-state index in [0.29, 0.717) is 11.6 Å². The Morgan fingerprint density at radius 3 is 2.68 bits per heavy atom. The summed E-state index contributed by atoms with van der Waals surface area (Å²) < 4.78 is 5.89. The van der Waals surface area contributed by atoms with E-state index in [2.05, 4.69) is 17.1 Å². The standard InChI is InChI=1S/C16H28N2O/c1-16(13-6-7-13)11-18(10-14-3-2-8-19-14)15(9-17-16)12-4-5-12/h12-15,17H,2-11H2,1H3. The van der Waals surface area contributed by atoms with Gasteiger partial charge in [-0.1, -0.05) is 0 Å². The summed E-state index contributed by atoms with van der Waals surface area (Å²) in [5.74, 6) is 1.90. The number of piperazine rings is 1. The summed E-state index contributed by atoms with van der Waals surface area (Å²) in [7, 11) is 0. The van der Waals surface area contributed by atoms with E-state index in [1.807, 2.05) is 0 Å². The number of rotatable bonds is 4. The van der Waals surface area contributed by atoms with Crippen LogP contribution in [0.15, 0.2) is 0 Å². The molecule has 0 spiro atoms. The van der Waals surface area contributed by atoms with Crippen LogP contribution in [0, 0.1) is 11.8 Å². The summed E-state index contributed by atoms with van der Waals surface area (Å²) in [5, 5.41) is 3.90. The number of nitrogens with one attached hydrogen (secondary N) is 1. The Bertz CT molecular complexity index is 334. The molecule has 2 saturated carbocycles. The van der Waals surface area contributed by atoms with Crippen LogP contribution < -0.4 is 5.32 Å². The SMILES string of the molecule is CC1(C2CC2)CN(CC2CCCO2)C(C2CC2)CN1. The van der Waals surface area contributed by atoms with Gasteiger partial charge in [-0.25, -0.2) is 0 Å². The molecule has 4 fully saturated rings. The fourth-order valence-corrected chi connectivity index (χ4v) is 4.25. The molecule has 2 aliphatic carbocycles. The minimum absolute atomic E-state index is 0.379. The third kappa shape index (κ3) is 2.57. The van der Waals surface area contributed by atoms with Crippen LogP contribution in [0.5, 0.6) is 0 Å². The Hall–Kier alpha value is -0.120. The molecule has 3 atom stereocenters. The number of ether oxygens (including phenoxy) is 1. The van der Waals surface area contributed by atoms with E-state index in [1.165, 1.54) is 58.2 Å². The lowest BCUT2D eigenvalue weighted by molar-refractivity contribution is 0.0118. The molecule has 108 valence electrons. The van der Waals surface area contributed by atoms with E-state index < -0.39 is 0 Å². The molecule has 3 nitrogen and oxygen atoms in total. The monoisotopic (exact) mass is 264 g/mol. The Balaban J connectivity index is 1.45. The van der Waals surface area contributed by atoms with Crippen molar-refractivity contribution in [1.82, 2.24) is 10.2 Å². The Morgan fingerprint density at radius 2 is 2.05 bits per heavy atom. The van der Waals surface area contributed by atoms with Crippen LogP contribution in [0.2, 0.25) is 0 Å². The average molecular weight is 264 g/mol. The first-order chi connectivity index (χ1) is 9.24. The quantitative estimate of drug-likeness (QED) is 0.841. The van der Waals surface area contributed by atoms with Gasteiger partial charge >= 0.3 is 0 Å². The molecule has 4 rings (SSSR count). The molecule has 4 aliphatic rings. The van der Waals surface area contributed by atoms with Crippen molar-refractivity contribution in [1.29, 1.82) is 0 Å². The van der Waals surface area contributed by atoms with Crippen LogP contribution >= 0.6 is 0 Å². The Morgan fingerprint density at radius 1 is 1.21 bits per heavy atom. The van der Waals surface area contributed by atoms with Gasteiger partial charge in [-0.2, -0.15) is 0 Å². The second-order valence-electron chi connectivity index (χ2n) is 7.54. The predicted octanol–water partition coefficient (Wildman–Crippen LogP) is 2.02. The van der Waals surface area contributed by atoms with Crippen molar-refractivity contribution in [2.45, 2.75) is 63.1 Å². The van der Waals surface area contributed by atoms with Gasteiger partial charge in [-0.3, -0.25) is 4.90 Å². The van der Waals surface area contributed by atoms with Crippen LogP contribution in [0.3, 0.4) is 0 Å². The van der Waals surface area contributed by atoms with Crippen molar-refractivity contribution in [3.63, 3.8) is 0 Å². The van der Waals surface area contributed by atoms with E-state index in [9.17, 15) is 0 Å². The van der Waals surface area contributed by atoms with Gasteiger partial charge in [-0.15, -0.1) is 0 Å². The smallest absolute Gasteiger partial charge is 0.0702 e. The van der Waals surface area contributed by atoms with E-state index in [-0.39, 0.29) is 0 Å². The van der Waals surface area contributed by atoms with Gasteiger partial charge in [0.2, 0.25) is 0 Å². The first-order valence-electron chi connectivity index (χ1n) is 8.35. The van der Waals surface area contributed by atoms with Gasteiger partial charge < -0.3 is 10.1 Å². The number of hydrogen-bond acceptors (Lipinski definition) is 3. The van der Waals surface area contributed by atoms with Gasteiger partial charge in [0, 0.05) is 37.8 Å². The highest BCUT2D eigenvalue weighted by atomic mass is 16.5. The third-order valence-electron chi connectivity index (χ3n) is 5.82. The Kier molecular flexibility index (Phi) is 3.13.